The van der Waals surface area contributed by atoms with Crippen LogP contribution < -0.4 is 15.4 Å². The summed E-state index contributed by atoms with van der Waals surface area (Å²) in [5.41, 5.74) is -0.452. The van der Waals surface area contributed by atoms with Crippen LogP contribution in [-0.2, 0) is 0 Å². The number of hydrogen-bond acceptors (Lipinski definition) is 6. The van der Waals surface area contributed by atoms with Crippen molar-refractivity contribution in [2.45, 2.75) is 20.0 Å². The van der Waals surface area contributed by atoms with E-state index in [9.17, 15) is 13.2 Å². The van der Waals surface area contributed by atoms with Gasteiger partial charge in [0.25, 0.3) is 5.78 Å². The van der Waals surface area contributed by atoms with Gasteiger partial charge >= 0.3 is 6.18 Å². The van der Waals surface area contributed by atoms with Gasteiger partial charge in [-0.2, -0.15) is 27.8 Å². The van der Waals surface area contributed by atoms with E-state index in [1.165, 1.54) is 6.92 Å². The van der Waals surface area contributed by atoms with Crippen LogP contribution in [0.15, 0.2) is 18.5 Å². The monoisotopic (exact) mass is 468 g/mol. The first-order valence-electron chi connectivity index (χ1n) is 10.4. The van der Waals surface area contributed by atoms with Gasteiger partial charge in [0.15, 0.2) is 0 Å². The maximum absolute atomic E-state index is 15.1. The minimum Gasteiger partial charge on any atom is -0.493 e. The van der Waals surface area contributed by atoms with E-state index >= 15 is 8.78 Å². The number of anilines is 1. The van der Waals surface area contributed by atoms with Gasteiger partial charge in [-0.1, -0.05) is 6.92 Å². The first-order valence-corrected chi connectivity index (χ1v) is 10.4. The van der Waals surface area contributed by atoms with E-state index in [1.807, 2.05) is 0 Å². The van der Waals surface area contributed by atoms with Crippen molar-refractivity contribution in [2.75, 3.05) is 31.6 Å². The topological polar surface area (TPSA) is 76.4 Å². The van der Waals surface area contributed by atoms with Gasteiger partial charge < -0.3 is 15.4 Å². The standard InChI is InChI=1S/C21H21F5N6O/c1-10-16(18(28-8-21(24,25)26)32-19(31-10)29-9-30-32)17-14(22)3-11(4-15(17)23)33-6-13-12-5-27-7-20(12,13)2/h3-4,9,12-13,27-28H,5-8H2,1-2H3/t12-,13+,20+/m0/s1. The van der Waals surface area contributed by atoms with Crippen LogP contribution in [0.2, 0.25) is 0 Å². The zero-order chi connectivity index (χ0) is 23.5. The molecule has 1 aromatic carbocycles. The Balaban J connectivity index is 1.48. The molecule has 3 aromatic rings. The second-order valence-corrected chi connectivity index (χ2v) is 8.78. The number of nitrogens with zero attached hydrogens (tertiary/aromatic N) is 4. The summed E-state index contributed by atoms with van der Waals surface area (Å²) in [5, 5.41) is 9.35. The summed E-state index contributed by atoms with van der Waals surface area (Å²) in [7, 11) is 0. The van der Waals surface area contributed by atoms with Crippen molar-refractivity contribution in [1.29, 1.82) is 0 Å². The van der Waals surface area contributed by atoms with Gasteiger partial charge in [0.05, 0.1) is 23.4 Å². The molecule has 0 unspecified atom stereocenters. The summed E-state index contributed by atoms with van der Waals surface area (Å²) >= 11 is 0. The Morgan fingerprint density at radius 1 is 1.24 bits per heavy atom. The maximum atomic E-state index is 15.1. The highest BCUT2D eigenvalue weighted by Crippen LogP contribution is 2.60. The van der Waals surface area contributed by atoms with Crippen LogP contribution in [0.1, 0.15) is 12.6 Å². The molecule has 3 heterocycles. The first-order chi connectivity index (χ1) is 15.6. The van der Waals surface area contributed by atoms with Gasteiger partial charge in [-0.05, 0) is 24.8 Å². The number of aromatic nitrogens is 4. The zero-order valence-electron chi connectivity index (χ0n) is 17.8. The average molecular weight is 468 g/mol. The number of halogens is 5. The van der Waals surface area contributed by atoms with Gasteiger partial charge in [0.1, 0.15) is 36.1 Å². The highest BCUT2D eigenvalue weighted by molar-refractivity contribution is 5.80. The van der Waals surface area contributed by atoms with E-state index < -0.39 is 29.9 Å². The van der Waals surface area contributed by atoms with Crippen LogP contribution in [0, 0.1) is 35.8 Å². The molecule has 5 rings (SSSR count). The molecule has 1 aliphatic carbocycles. The van der Waals surface area contributed by atoms with Gasteiger partial charge in [0.2, 0.25) is 0 Å². The molecule has 2 aliphatic rings. The summed E-state index contributed by atoms with van der Waals surface area (Å²) < 4.78 is 75.6. The van der Waals surface area contributed by atoms with Crippen LogP contribution in [0.25, 0.3) is 16.9 Å². The fraction of sp³-hybridized carbons (Fsp3) is 0.476. The van der Waals surface area contributed by atoms with E-state index in [-0.39, 0.29) is 34.0 Å². The van der Waals surface area contributed by atoms with Crippen molar-refractivity contribution < 1.29 is 26.7 Å². The Morgan fingerprint density at radius 3 is 2.61 bits per heavy atom. The highest BCUT2D eigenvalue weighted by atomic mass is 19.4. The minimum absolute atomic E-state index is 0.000314. The molecule has 0 bridgehead atoms. The zero-order valence-corrected chi connectivity index (χ0v) is 17.8. The molecule has 12 heteroatoms. The van der Waals surface area contributed by atoms with Crippen LogP contribution >= 0.6 is 0 Å². The van der Waals surface area contributed by atoms with E-state index in [0.717, 1.165) is 36.1 Å². The Labute approximate surface area is 185 Å². The Morgan fingerprint density at radius 2 is 1.97 bits per heavy atom. The summed E-state index contributed by atoms with van der Waals surface area (Å²) in [4.78, 5) is 7.99. The van der Waals surface area contributed by atoms with Gasteiger partial charge in [0, 0.05) is 24.6 Å². The van der Waals surface area contributed by atoms with Crippen LogP contribution in [-0.4, -0.2) is 52.0 Å². The number of nitrogens with one attached hydrogen (secondary N) is 2. The molecular weight excluding hydrogens is 447 g/mol. The quantitative estimate of drug-likeness (QED) is 0.539. The number of benzene rings is 1. The fourth-order valence-electron chi connectivity index (χ4n) is 4.86. The van der Waals surface area contributed by atoms with Gasteiger partial charge in [-0.3, -0.25) is 0 Å². The molecule has 0 amide bonds. The molecule has 2 N–H and O–H groups in total. The normalized spacial score (nSPS) is 24.2. The minimum atomic E-state index is -4.57. The first kappa shape index (κ1) is 21.8. The predicted molar refractivity (Wildman–Crippen MR) is 109 cm³/mol. The summed E-state index contributed by atoms with van der Waals surface area (Å²) in [6.07, 6.45) is -3.47. The molecule has 1 saturated heterocycles. The summed E-state index contributed by atoms with van der Waals surface area (Å²) in [6, 6.07) is 2.07. The molecule has 2 fully saturated rings. The Kier molecular flexibility index (Phi) is 4.96. The summed E-state index contributed by atoms with van der Waals surface area (Å²) in [5.74, 6) is -1.40. The lowest BCUT2D eigenvalue weighted by atomic mass is 10.0. The number of aryl methyl sites for hydroxylation is 1. The van der Waals surface area contributed by atoms with E-state index in [2.05, 4.69) is 32.6 Å². The third-order valence-electron chi connectivity index (χ3n) is 6.70. The number of ether oxygens (including phenoxy) is 1. The lowest BCUT2D eigenvalue weighted by Crippen LogP contribution is -2.23. The second-order valence-electron chi connectivity index (χ2n) is 8.78. The molecule has 1 aliphatic heterocycles. The predicted octanol–water partition coefficient (Wildman–Crippen LogP) is 3.59. The van der Waals surface area contributed by atoms with Crippen LogP contribution in [0.4, 0.5) is 27.8 Å². The van der Waals surface area contributed by atoms with Crippen molar-refractivity contribution in [1.82, 2.24) is 24.9 Å². The van der Waals surface area contributed by atoms with Crippen LogP contribution in [0.3, 0.4) is 0 Å². The average Bonchev–Trinajstić information content (AvgIpc) is 3.07. The number of fused-ring (bicyclic) bond motifs is 2. The molecule has 0 spiro atoms. The number of alkyl halides is 3. The van der Waals surface area contributed by atoms with E-state index in [0.29, 0.717) is 18.4 Å². The fourth-order valence-corrected chi connectivity index (χ4v) is 4.86. The van der Waals surface area contributed by atoms with Crippen molar-refractivity contribution in [3.05, 3.63) is 35.8 Å². The Hall–Kier alpha value is -3.02. The number of rotatable bonds is 6. The van der Waals surface area contributed by atoms with Crippen molar-refractivity contribution in [3.8, 4) is 16.9 Å². The maximum Gasteiger partial charge on any atom is 0.405 e. The lowest BCUT2D eigenvalue weighted by Gasteiger charge is -2.18. The van der Waals surface area contributed by atoms with Crippen molar-refractivity contribution in [3.63, 3.8) is 0 Å². The highest BCUT2D eigenvalue weighted by Gasteiger charge is 2.63. The van der Waals surface area contributed by atoms with Gasteiger partial charge in [-0.15, -0.1) is 0 Å². The Bertz CT molecular complexity index is 1200. The molecular formula is C21H21F5N6O. The second kappa shape index (κ2) is 7.51. The van der Waals surface area contributed by atoms with E-state index in [4.69, 9.17) is 4.74 Å². The molecule has 176 valence electrons. The number of piperidine rings is 1. The third kappa shape index (κ3) is 3.75. The largest absolute Gasteiger partial charge is 0.493 e. The lowest BCUT2D eigenvalue weighted by molar-refractivity contribution is -0.115. The van der Waals surface area contributed by atoms with Crippen LogP contribution in [0.5, 0.6) is 5.75 Å². The van der Waals surface area contributed by atoms with Crippen molar-refractivity contribution >= 4 is 11.6 Å². The smallest absolute Gasteiger partial charge is 0.405 e. The van der Waals surface area contributed by atoms with Crippen molar-refractivity contribution in [2.24, 2.45) is 17.3 Å². The van der Waals surface area contributed by atoms with Gasteiger partial charge in [-0.25, -0.2) is 13.8 Å². The molecule has 0 radical (unpaired) electrons. The molecule has 1 saturated carbocycles. The third-order valence-corrected chi connectivity index (χ3v) is 6.70. The number of hydrogen-bond donors (Lipinski definition) is 2. The molecule has 33 heavy (non-hydrogen) atoms. The SMILES string of the molecule is Cc1nc2ncnn2c(NCC(F)(F)F)c1-c1c(F)cc(OC[C@@H]2[C@@H]3CNC[C@@]23C)cc1F. The summed E-state index contributed by atoms with van der Waals surface area (Å²) in [6.45, 7) is 4.28. The molecule has 7 nitrogen and oxygen atoms in total. The molecule has 3 atom stereocenters. The van der Waals surface area contributed by atoms with E-state index in [1.54, 1.807) is 0 Å². The molecule has 2 aromatic heterocycles.